The van der Waals surface area contributed by atoms with Crippen molar-refractivity contribution in [2.24, 2.45) is 0 Å². The van der Waals surface area contributed by atoms with E-state index in [9.17, 15) is 4.79 Å². The van der Waals surface area contributed by atoms with E-state index in [-0.39, 0.29) is 5.56 Å². The molecule has 0 unspecified atom stereocenters. The second-order valence-corrected chi connectivity index (χ2v) is 4.44. The van der Waals surface area contributed by atoms with Crippen LogP contribution in [0.1, 0.15) is 10.4 Å². The van der Waals surface area contributed by atoms with Gasteiger partial charge in [0.05, 0.1) is 0 Å². The van der Waals surface area contributed by atoms with Gasteiger partial charge in [0.2, 0.25) is 0 Å². The molecule has 0 fully saturated rings. The highest BCUT2D eigenvalue weighted by Gasteiger charge is 2.10. The van der Waals surface area contributed by atoms with Crippen molar-refractivity contribution >= 4 is 29.2 Å². The molecule has 18 heavy (non-hydrogen) atoms. The summed E-state index contributed by atoms with van der Waals surface area (Å²) in [4.78, 5) is 16.2. The van der Waals surface area contributed by atoms with Crippen LogP contribution in [-0.2, 0) is 0 Å². The monoisotopic (exact) mass is 260 g/mol. The number of thioether (sulfide) groups is 1. The van der Waals surface area contributed by atoms with Gasteiger partial charge >= 0.3 is 5.97 Å². The van der Waals surface area contributed by atoms with Crippen LogP contribution in [0.3, 0.4) is 0 Å². The van der Waals surface area contributed by atoms with Crippen molar-refractivity contribution in [1.82, 2.24) is 4.98 Å². The molecule has 0 bridgehead atoms. The molecule has 0 saturated carbocycles. The molecule has 92 valence electrons. The summed E-state index contributed by atoms with van der Waals surface area (Å²) < 4.78 is 0. The van der Waals surface area contributed by atoms with E-state index in [1.165, 1.54) is 6.07 Å². The normalized spacial score (nSPS) is 10.1. The molecule has 0 atom stereocenters. The van der Waals surface area contributed by atoms with Crippen molar-refractivity contribution in [3.8, 4) is 0 Å². The van der Waals surface area contributed by atoms with Crippen molar-refractivity contribution in [2.45, 2.75) is 4.90 Å². The first-order valence-electron chi connectivity index (χ1n) is 5.30. The van der Waals surface area contributed by atoms with Crippen LogP contribution in [0, 0.1) is 0 Å². The maximum atomic E-state index is 11.0. The van der Waals surface area contributed by atoms with Crippen LogP contribution >= 0.6 is 11.8 Å². The van der Waals surface area contributed by atoms with Gasteiger partial charge in [-0.25, -0.2) is 9.78 Å². The van der Waals surface area contributed by atoms with Gasteiger partial charge in [-0.3, -0.25) is 0 Å². The lowest BCUT2D eigenvalue weighted by Crippen LogP contribution is -2.04. The van der Waals surface area contributed by atoms with E-state index in [0.717, 1.165) is 10.6 Å². The van der Waals surface area contributed by atoms with Gasteiger partial charge in [-0.05, 0) is 42.7 Å². The Kier molecular flexibility index (Phi) is 3.84. The fourth-order valence-electron chi connectivity index (χ4n) is 1.49. The first-order chi connectivity index (χ1) is 8.70. The minimum absolute atomic E-state index is 0.159. The zero-order chi connectivity index (χ0) is 13.0. The van der Waals surface area contributed by atoms with Crippen LogP contribution in [0.4, 0.5) is 11.5 Å². The smallest absolute Gasteiger partial charge is 0.339 e. The third-order valence-corrected chi connectivity index (χ3v) is 3.13. The van der Waals surface area contributed by atoms with Crippen LogP contribution in [0.2, 0.25) is 0 Å². The van der Waals surface area contributed by atoms with E-state index in [1.54, 1.807) is 24.0 Å². The summed E-state index contributed by atoms with van der Waals surface area (Å²) in [5.41, 5.74) is 0.973. The van der Waals surface area contributed by atoms with E-state index in [1.807, 2.05) is 30.5 Å². The van der Waals surface area contributed by atoms with Gasteiger partial charge in [0.25, 0.3) is 0 Å². The van der Waals surface area contributed by atoms with E-state index in [0.29, 0.717) is 5.82 Å². The lowest BCUT2D eigenvalue weighted by molar-refractivity contribution is 0.0697. The molecule has 0 amide bonds. The van der Waals surface area contributed by atoms with Crippen LogP contribution < -0.4 is 5.32 Å². The third kappa shape index (κ3) is 2.81. The predicted molar refractivity (Wildman–Crippen MR) is 72.7 cm³/mol. The third-order valence-electron chi connectivity index (χ3n) is 2.39. The van der Waals surface area contributed by atoms with E-state index in [4.69, 9.17) is 5.11 Å². The molecule has 1 aromatic heterocycles. The summed E-state index contributed by atoms with van der Waals surface area (Å²) in [6, 6.07) is 10.9. The number of carboxylic acid groups (broad SMARTS) is 1. The lowest BCUT2D eigenvalue weighted by Gasteiger charge is -2.08. The fraction of sp³-hybridized carbons (Fsp3) is 0.0769. The Morgan fingerprint density at radius 3 is 2.61 bits per heavy atom. The van der Waals surface area contributed by atoms with Crippen molar-refractivity contribution in [1.29, 1.82) is 0 Å². The van der Waals surface area contributed by atoms with Gasteiger partial charge in [-0.1, -0.05) is 0 Å². The summed E-state index contributed by atoms with van der Waals surface area (Å²) in [5, 5.41) is 12.0. The van der Waals surface area contributed by atoms with Gasteiger partial charge in [-0.2, -0.15) is 0 Å². The van der Waals surface area contributed by atoms with Gasteiger partial charge in [0.15, 0.2) is 0 Å². The molecule has 2 N–H and O–H groups in total. The van der Waals surface area contributed by atoms with Crippen molar-refractivity contribution < 1.29 is 9.90 Å². The van der Waals surface area contributed by atoms with Crippen LogP contribution in [0.5, 0.6) is 0 Å². The molecule has 2 aromatic rings. The van der Waals surface area contributed by atoms with Gasteiger partial charge in [0.1, 0.15) is 11.4 Å². The largest absolute Gasteiger partial charge is 0.478 e. The number of rotatable bonds is 4. The Morgan fingerprint density at radius 2 is 2.00 bits per heavy atom. The first-order valence-corrected chi connectivity index (χ1v) is 6.52. The van der Waals surface area contributed by atoms with Crippen molar-refractivity contribution in [3.05, 3.63) is 48.2 Å². The highest BCUT2D eigenvalue weighted by atomic mass is 32.2. The van der Waals surface area contributed by atoms with Crippen LogP contribution in [0.25, 0.3) is 0 Å². The second kappa shape index (κ2) is 5.55. The molecule has 1 heterocycles. The Hall–Kier alpha value is -2.01. The molecule has 0 spiro atoms. The molecule has 1 aromatic carbocycles. The second-order valence-electron chi connectivity index (χ2n) is 3.56. The molecule has 2 rings (SSSR count). The average Bonchev–Trinajstić information content (AvgIpc) is 2.40. The Bertz CT molecular complexity index is 555. The number of aromatic carboxylic acids is 1. The Morgan fingerprint density at radius 1 is 1.28 bits per heavy atom. The van der Waals surface area contributed by atoms with Crippen molar-refractivity contribution in [3.63, 3.8) is 0 Å². The summed E-state index contributed by atoms with van der Waals surface area (Å²) in [6.07, 6.45) is 3.56. The molecule has 0 aliphatic carbocycles. The van der Waals surface area contributed by atoms with E-state index in [2.05, 4.69) is 10.3 Å². The number of hydrogen-bond acceptors (Lipinski definition) is 4. The number of anilines is 2. The van der Waals surface area contributed by atoms with Crippen LogP contribution in [-0.4, -0.2) is 22.3 Å². The van der Waals surface area contributed by atoms with Gasteiger partial charge in [0, 0.05) is 16.8 Å². The minimum Gasteiger partial charge on any atom is -0.478 e. The van der Waals surface area contributed by atoms with E-state index < -0.39 is 5.97 Å². The Balaban J connectivity index is 2.25. The highest BCUT2D eigenvalue weighted by molar-refractivity contribution is 7.98. The molecular formula is C13H12N2O2S. The fourth-order valence-corrected chi connectivity index (χ4v) is 1.90. The molecule has 4 nitrogen and oxygen atoms in total. The maximum Gasteiger partial charge on any atom is 0.339 e. The number of nitrogens with one attached hydrogen (secondary N) is 1. The number of hydrogen-bond donors (Lipinski definition) is 2. The number of pyridine rings is 1. The number of aromatic nitrogens is 1. The topological polar surface area (TPSA) is 62.2 Å². The minimum atomic E-state index is -0.994. The number of carbonyl (C=O) groups is 1. The van der Waals surface area contributed by atoms with Crippen molar-refractivity contribution in [2.75, 3.05) is 11.6 Å². The summed E-state index contributed by atoms with van der Waals surface area (Å²) in [5.74, 6) is -0.645. The highest BCUT2D eigenvalue weighted by Crippen LogP contribution is 2.21. The average molecular weight is 260 g/mol. The zero-order valence-corrected chi connectivity index (χ0v) is 10.6. The van der Waals surface area contributed by atoms with Crippen LogP contribution in [0.15, 0.2) is 47.5 Å². The number of nitrogens with zero attached hydrogens (tertiary/aromatic N) is 1. The summed E-state index contributed by atoms with van der Waals surface area (Å²) >= 11 is 1.65. The Labute approximate surface area is 109 Å². The lowest BCUT2D eigenvalue weighted by atomic mass is 10.2. The SMILES string of the molecule is CSc1ccc(Nc2ncccc2C(=O)O)cc1. The zero-order valence-electron chi connectivity index (χ0n) is 9.75. The quantitative estimate of drug-likeness (QED) is 0.826. The molecular weight excluding hydrogens is 248 g/mol. The maximum absolute atomic E-state index is 11.0. The summed E-state index contributed by atoms with van der Waals surface area (Å²) in [7, 11) is 0. The van der Waals surface area contributed by atoms with Gasteiger partial charge < -0.3 is 10.4 Å². The van der Waals surface area contributed by atoms with Gasteiger partial charge in [-0.15, -0.1) is 11.8 Å². The molecule has 0 aliphatic heterocycles. The standard InChI is InChI=1S/C13H12N2O2S/c1-18-10-6-4-9(5-7-10)15-12-11(13(16)17)3-2-8-14-12/h2-8H,1H3,(H,14,15)(H,16,17). The molecule has 0 radical (unpaired) electrons. The molecule has 0 aliphatic rings. The summed E-state index contributed by atoms with van der Waals surface area (Å²) in [6.45, 7) is 0. The number of benzene rings is 1. The molecule has 0 saturated heterocycles. The predicted octanol–water partition coefficient (Wildman–Crippen LogP) is 3.25. The molecule has 5 heteroatoms. The number of carboxylic acids is 1. The van der Waals surface area contributed by atoms with E-state index >= 15 is 0 Å². The first kappa shape index (κ1) is 12.4.